The highest BCUT2D eigenvalue weighted by atomic mass is 16.5. The molecule has 40 heavy (non-hydrogen) atoms. The monoisotopic (exact) mass is 543 g/mol. The lowest BCUT2D eigenvalue weighted by molar-refractivity contribution is 0.102. The highest BCUT2D eigenvalue weighted by Crippen LogP contribution is 2.40. The number of rotatable bonds is 9. The zero-order valence-electron chi connectivity index (χ0n) is 23.3. The number of fused-ring (bicyclic) bond motifs is 2. The standard InChI is InChI=1S/C31H33N3O6/c1-36-25-13-11-20(17-26(25)37-2)32-29-21-8-6-7-9-23(21)34-24-12-10-19(16-22(24)29)33-31(35)18-14-27(38-3)30(40-5)28(15-18)39-4/h10-17H,6-9H2,1-5H3,(H,32,34)(H,33,35). The van der Waals surface area contributed by atoms with E-state index in [0.29, 0.717) is 40.0 Å². The minimum atomic E-state index is -0.307. The number of methoxy groups -OCH3 is 5. The number of aryl methyl sites for hydroxylation is 1. The van der Waals surface area contributed by atoms with Gasteiger partial charge in [0.1, 0.15) is 0 Å². The third-order valence-corrected chi connectivity index (χ3v) is 7.10. The highest BCUT2D eigenvalue weighted by Gasteiger charge is 2.21. The second-order valence-corrected chi connectivity index (χ2v) is 9.41. The summed E-state index contributed by atoms with van der Waals surface area (Å²) in [6.45, 7) is 0. The van der Waals surface area contributed by atoms with Gasteiger partial charge in [-0.15, -0.1) is 0 Å². The van der Waals surface area contributed by atoms with Crippen molar-refractivity contribution in [3.8, 4) is 28.7 Å². The fourth-order valence-corrected chi connectivity index (χ4v) is 5.12. The van der Waals surface area contributed by atoms with Gasteiger partial charge in [0, 0.05) is 34.1 Å². The third-order valence-electron chi connectivity index (χ3n) is 7.10. The molecule has 2 N–H and O–H groups in total. The van der Waals surface area contributed by atoms with E-state index in [2.05, 4.69) is 10.6 Å². The van der Waals surface area contributed by atoms with Crippen LogP contribution in [0, 0.1) is 0 Å². The molecule has 0 atom stereocenters. The minimum Gasteiger partial charge on any atom is -0.493 e. The van der Waals surface area contributed by atoms with Crippen LogP contribution in [0.5, 0.6) is 28.7 Å². The van der Waals surface area contributed by atoms with E-state index < -0.39 is 0 Å². The molecule has 0 bridgehead atoms. The number of ether oxygens (including phenoxy) is 5. The van der Waals surface area contributed by atoms with E-state index in [-0.39, 0.29) is 5.91 Å². The number of carbonyl (C=O) groups is 1. The molecular formula is C31H33N3O6. The van der Waals surface area contributed by atoms with Gasteiger partial charge in [0.25, 0.3) is 5.91 Å². The van der Waals surface area contributed by atoms with E-state index in [1.807, 2.05) is 36.4 Å². The topological polar surface area (TPSA) is 100 Å². The maximum absolute atomic E-state index is 13.3. The molecular weight excluding hydrogens is 510 g/mol. The molecule has 1 heterocycles. The van der Waals surface area contributed by atoms with E-state index in [0.717, 1.165) is 53.7 Å². The van der Waals surface area contributed by atoms with Crippen LogP contribution in [0.3, 0.4) is 0 Å². The largest absolute Gasteiger partial charge is 0.493 e. The van der Waals surface area contributed by atoms with Crippen LogP contribution < -0.4 is 34.3 Å². The summed E-state index contributed by atoms with van der Waals surface area (Å²) in [5.74, 6) is 2.22. The Morgan fingerprint density at radius 2 is 1.40 bits per heavy atom. The number of hydrogen-bond donors (Lipinski definition) is 2. The van der Waals surface area contributed by atoms with Crippen LogP contribution in [0.15, 0.2) is 48.5 Å². The Morgan fingerprint density at radius 1 is 0.725 bits per heavy atom. The number of aromatic nitrogens is 1. The van der Waals surface area contributed by atoms with Gasteiger partial charge >= 0.3 is 0 Å². The Kier molecular flexibility index (Phi) is 7.82. The predicted molar refractivity (Wildman–Crippen MR) is 155 cm³/mol. The molecule has 1 aliphatic rings. The van der Waals surface area contributed by atoms with Gasteiger partial charge in [-0.3, -0.25) is 9.78 Å². The maximum atomic E-state index is 13.3. The number of nitrogens with zero attached hydrogens (tertiary/aromatic N) is 1. The Hall–Kier alpha value is -4.66. The van der Waals surface area contributed by atoms with Crippen molar-refractivity contribution < 1.29 is 28.5 Å². The molecule has 3 aromatic carbocycles. The summed E-state index contributed by atoms with van der Waals surface area (Å²) in [6.07, 6.45) is 4.07. The van der Waals surface area contributed by atoms with E-state index in [1.54, 1.807) is 26.4 Å². The number of hydrogen-bond acceptors (Lipinski definition) is 8. The predicted octanol–water partition coefficient (Wildman–Crippen LogP) is 6.15. The van der Waals surface area contributed by atoms with Gasteiger partial charge in [-0.2, -0.15) is 0 Å². The van der Waals surface area contributed by atoms with Crippen molar-refractivity contribution in [2.75, 3.05) is 46.2 Å². The summed E-state index contributed by atoms with van der Waals surface area (Å²) in [4.78, 5) is 18.3. The van der Waals surface area contributed by atoms with Gasteiger partial charge in [-0.05, 0) is 73.7 Å². The van der Waals surface area contributed by atoms with Crippen molar-refractivity contribution in [3.05, 3.63) is 65.4 Å². The molecule has 1 aromatic heterocycles. The molecule has 9 nitrogen and oxygen atoms in total. The summed E-state index contributed by atoms with van der Waals surface area (Å²) in [5.41, 5.74) is 6.02. The van der Waals surface area contributed by atoms with Crippen LogP contribution in [-0.4, -0.2) is 46.4 Å². The maximum Gasteiger partial charge on any atom is 0.255 e. The normalized spacial score (nSPS) is 12.3. The molecule has 208 valence electrons. The van der Waals surface area contributed by atoms with E-state index in [1.165, 1.54) is 26.9 Å². The minimum absolute atomic E-state index is 0.307. The molecule has 0 unspecified atom stereocenters. The lowest BCUT2D eigenvalue weighted by atomic mass is 9.92. The number of anilines is 3. The molecule has 1 amide bonds. The van der Waals surface area contributed by atoms with Crippen molar-refractivity contribution in [1.82, 2.24) is 4.98 Å². The van der Waals surface area contributed by atoms with E-state index in [9.17, 15) is 4.79 Å². The average Bonchev–Trinajstić information content (AvgIpc) is 3.00. The molecule has 0 saturated carbocycles. The molecule has 4 aromatic rings. The first-order valence-electron chi connectivity index (χ1n) is 13.1. The van der Waals surface area contributed by atoms with Gasteiger partial charge in [-0.25, -0.2) is 0 Å². The number of amides is 1. The summed E-state index contributed by atoms with van der Waals surface area (Å²) in [5, 5.41) is 7.55. The number of nitrogens with one attached hydrogen (secondary N) is 2. The van der Waals surface area contributed by atoms with Gasteiger partial charge in [-0.1, -0.05) is 0 Å². The van der Waals surface area contributed by atoms with E-state index >= 15 is 0 Å². The number of benzene rings is 3. The zero-order valence-corrected chi connectivity index (χ0v) is 23.3. The molecule has 5 rings (SSSR count). The van der Waals surface area contributed by atoms with Crippen molar-refractivity contribution in [3.63, 3.8) is 0 Å². The molecule has 0 aliphatic heterocycles. The summed E-state index contributed by atoms with van der Waals surface area (Å²) < 4.78 is 27.1. The SMILES string of the molecule is COc1ccc(Nc2c3c(nc4ccc(NC(=O)c5cc(OC)c(OC)c(OC)c5)cc24)CCCC3)cc1OC. The zero-order chi connectivity index (χ0) is 28.2. The smallest absolute Gasteiger partial charge is 0.255 e. The average molecular weight is 544 g/mol. The van der Waals surface area contributed by atoms with Crippen molar-refractivity contribution >= 4 is 33.9 Å². The number of carbonyl (C=O) groups excluding carboxylic acids is 1. The van der Waals surface area contributed by atoms with Crippen molar-refractivity contribution in [2.24, 2.45) is 0 Å². The van der Waals surface area contributed by atoms with Crippen LogP contribution in [0.25, 0.3) is 10.9 Å². The van der Waals surface area contributed by atoms with Gasteiger partial charge < -0.3 is 34.3 Å². The Morgan fingerprint density at radius 3 is 2.08 bits per heavy atom. The van der Waals surface area contributed by atoms with Crippen molar-refractivity contribution in [2.45, 2.75) is 25.7 Å². The van der Waals surface area contributed by atoms with Crippen LogP contribution in [-0.2, 0) is 12.8 Å². The first-order chi connectivity index (χ1) is 19.5. The van der Waals surface area contributed by atoms with Gasteiger partial charge in [0.05, 0.1) is 46.8 Å². The molecule has 0 saturated heterocycles. The lowest BCUT2D eigenvalue weighted by Crippen LogP contribution is -2.13. The van der Waals surface area contributed by atoms with Crippen molar-refractivity contribution in [1.29, 1.82) is 0 Å². The van der Waals surface area contributed by atoms with Crippen LogP contribution in [0.1, 0.15) is 34.5 Å². The first kappa shape index (κ1) is 26.9. The molecule has 0 radical (unpaired) electrons. The molecule has 9 heteroatoms. The fraction of sp³-hybridized carbons (Fsp3) is 0.290. The number of pyridine rings is 1. The summed E-state index contributed by atoms with van der Waals surface area (Å²) in [7, 11) is 7.79. The second kappa shape index (κ2) is 11.6. The quantitative estimate of drug-likeness (QED) is 0.259. The molecule has 1 aliphatic carbocycles. The molecule has 0 spiro atoms. The Labute approximate surface area is 233 Å². The third kappa shape index (κ3) is 5.14. The fourth-order valence-electron chi connectivity index (χ4n) is 5.12. The molecule has 0 fully saturated rings. The van der Waals surface area contributed by atoms with Gasteiger partial charge in [0.2, 0.25) is 5.75 Å². The van der Waals surface area contributed by atoms with Crippen LogP contribution in [0.4, 0.5) is 17.1 Å². The Bertz CT molecular complexity index is 1540. The lowest BCUT2D eigenvalue weighted by Gasteiger charge is -2.22. The van der Waals surface area contributed by atoms with E-state index in [4.69, 9.17) is 28.7 Å². The highest BCUT2D eigenvalue weighted by molar-refractivity contribution is 6.07. The Balaban J connectivity index is 1.54. The first-order valence-corrected chi connectivity index (χ1v) is 13.1. The second-order valence-electron chi connectivity index (χ2n) is 9.41. The summed E-state index contributed by atoms with van der Waals surface area (Å²) in [6, 6.07) is 14.8. The van der Waals surface area contributed by atoms with Gasteiger partial charge in [0.15, 0.2) is 23.0 Å². The van der Waals surface area contributed by atoms with Crippen LogP contribution in [0.2, 0.25) is 0 Å². The summed E-state index contributed by atoms with van der Waals surface area (Å²) >= 11 is 0. The van der Waals surface area contributed by atoms with Crippen LogP contribution >= 0.6 is 0 Å².